The van der Waals surface area contributed by atoms with Crippen molar-refractivity contribution in [1.29, 1.82) is 0 Å². The summed E-state index contributed by atoms with van der Waals surface area (Å²) in [6, 6.07) is 34.2. The summed E-state index contributed by atoms with van der Waals surface area (Å²) in [4.78, 5) is 8.54. The van der Waals surface area contributed by atoms with Crippen LogP contribution in [0.2, 0.25) is 0 Å². The van der Waals surface area contributed by atoms with Crippen molar-refractivity contribution in [2.75, 3.05) is 0 Å². The van der Waals surface area contributed by atoms with Crippen molar-refractivity contribution in [1.82, 2.24) is 9.97 Å². The Balaban J connectivity index is 0.000000204. The zero-order valence-electron chi connectivity index (χ0n) is 27.9. The maximum atomic E-state index is 8.63. The van der Waals surface area contributed by atoms with Gasteiger partial charge >= 0.3 is 0 Å². The molecule has 0 unspecified atom stereocenters. The monoisotopic (exact) mass is 680 g/mol. The quantitative estimate of drug-likeness (QED) is 0.177. The number of benzene rings is 3. The summed E-state index contributed by atoms with van der Waals surface area (Å²) in [5.74, 6) is -0.374. The molecule has 6 rings (SSSR count). The minimum absolute atomic E-state index is 0. The van der Waals surface area contributed by atoms with Gasteiger partial charge in [0.15, 0.2) is 0 Å². The van der Waals surface area contributed by atoms with Crippen LogP contribution in [0.3, 0.4) is 0 Å². The van der Waals surface area contributed by atoms with Gasteiger partial charge in [-0.2, -0.15) is 0 Å². The fourth-order valence-corrected chi connectivity index (χ4v) is 4.44. The van der Waals surface area contributed by atoms with Gasteiger partial charge < -0.3 is 9.97 Å². The van der Waals surface area contributed by atoms with E-state index in [1.54, 1.807) is 12.1 Å². The molecule has 0 spiro atoms. The van der Waals surface area contributed by atoms with E-state index in [9.17, 15) is 0 Å². The van der Waals surface area contributed by atoms with Gasteiger partial charge in [0.1, 0.15) is 0 Å². The number of hydrogen-bond acceptors (Lipinski definition) is 2. The zero-order valence-corrected chi connectivity index (χ0v) is 23.3. The third-order valence-corrected chi connectivity index (χ3v) is 6.43. The normalized spacial score (nSPS) is 17.0. The molecule has 2 nitrogen and oxygen atoms in total. The molecule has 5 aromatic rings. The first-order chi connectivity index (χ1) is 20.9. The molecule has 193 valence electrons. The first-order valence-electron chi connectivity index (χ1n) is 16.0. The summed E-state index contributed by atoms with van der Waals surface area (Å²) in [6.07, 6.45) is 7.46. The minimum Gasteiger partial charge on any atom is -0.305 e. The molecule has 3 heteroatoms. The number of hydrogen-bond donors (Lipinski definition) is 0. The van der Waals surface area contributed by atoms with E-state index in [1.165, 1.54) is 42.8 Å². The summed E-state index contributed by atoms with van der Waals surface area (Å²) >= 11 is 0. The van der Waals surface area contributed by atoms with Crippen molar-refractivity contribution in [2.24, 2.45) is 0 Å². The average molecular weight is 680 g/mol. The number of pyridine rings is 2. The van der Waals surface area contributed by atoms with Gasteiger partial charge in [0.05, 0.1) is 0 Å². The Morgan fingerprint density at radius 2 is 1.55 bits per heavy atom. The number of aryl methyl sites for hydroxylation is 2. The van der Waals surface area contributed by atoms with E-state index in [2.05, 4.69) is 52.4 Å². The van der Waals surface area contributed by atoms with Crippen LogP contribution < -0.4 is 0 Å². The first kappa shape index (κ1) is 19.6. The van der Waals surface area contributed by atoms with Gasteiger partial charge in [-0.25, -0.2) is 0 Å². The fourth-order valence-electron chi connectivity index (χ4n) is 4.44. The minimum atomic E-state index is -2.18. The van der Waals surface area contributed by atoms with Crippen LogP contribution in [0.25, 0.3) is 33.6 Å². The first-order valence-corrected chi connectivity index (χ1v) is 12.5. The van der Waals surface area contributed by atoms with Gasteiger partial charge in [-0.3, -0.25) is 0 Å². The van der Waals surface area contributed by atoms with Gasteiger partial charge in [-0.1, -0.05) is 62.2 Å². The maximum absolute atomic E-state index is 8.63. The molecule has 1 fully saturated rings. The molecular formula is C35H32IrN2-2. The third kappa shape index (κ3) is 7.13. The van der Waals surface area contributed by atoms with E-state index in [0.29, 0.717) is 11.3 Å². The summed E-state index contributed by atoms with van der Waals surface area (Å²) in [6.45, 7) is -4.34. The fraction of sp³-hybridized carbons (Fsp3) is 0.200. The second-order valence-electron chi connectivity index (χ2n) is 9.02. The molecule has 3 aromatic carbocycles. The molecule has 1 radical (unpaired) electrons. The molecule has 1 saturated carbocycles. The Hall–Kier alpha value is -3.39. The molecular weight excluding hydrogens is 641 g/mol. The number of aromatic nitrogens is 2. The van der Waals surface area contributed by atoms with Crippen LogP contribution >= 0.6 is 0 Å². The van der Waals surface area contributed by atoms with E-state index in [4.69, 9.17) is 9.60 Å². The third-order valence-electron chi connectivity index (χ3n) is 6.43. The number of nitrogens with zero attached hydrogens (tertiary/aromatic N) is 2. The predicted octanol–water partition coefficient (Wildman–Crippen LogP) is 9.04. The van der Waals surface area contributed by atoms with E-state index < -0.39 is 13.7 Å². The molecule has 2 aromatic heterocycles. The summed E-state index contributed by atoms with van der Waals surface area (Å²) in [5, 5.41) is 0. The molecule has 0 N–H and O–H groups in total. The van der Waals surface area contributed by atoms with Crippen LogP contribution in [0.4, 0.5) is 0 Å². The van der Waals surface area contributed by atoms with E-state index in [-0.39, 0.29) is 37.1 Å². The van der Waals surface area contributed by atoms with Crippen LogP contribution in [-0.2, 0) is 20.1 Å². The van der Waals surface area contributed by atoms with Crippen LogP contribution in [0.1, 0.15) is 57.9 Å². The SMILES string of the molecule is [2H]C([2H])([2H])c1c[c-]c(-c2ccc(C([2H])([2H])[2H])cn2)cc1.[2H]C1(c2ccc(-c3ccnc(-c4[c-]cccc4)c3)cc2)CCCC1.[Ir]. The molecule has 2 heterocycles. The van der Waals surface area contributed by atoms with E-state index in [1.807, 2.05) is 36.5 Å². The standard InChI is InChI=1S/C22H20N.C13H12N.Ir/c1-2-8-20(9-3-1)22-16-21(14-15-23-22)19-12-10-18(11-13-19)17-6-4-5-7-17;1-10-3-6-12(7-4-10)13-8-5-11(2)9-14-13;/h1-3,8,10-17H,4-7H2;3-6,8-9H,1-2H3;/q2*-1;/i17D;1D3,2D3;. The van der Waals surface area contributed by atoms with Crippen LogP contribution in [-0.4, -0.2) is 9.97 Å². The molecule has 1 aliphatic carbocycles. The zero-order chi connectivity index (χ0) is 31.4. The molecule has 38 heavy (non-hydrogen) atoms. The molecule has 0 saturated heterocycles. The molecule has 0 aliphatic heterocycles. The second kappa shape index (κ2) is 13.4. The van der Waals surface area contributed by atoms with Crippen LogP contribution in [0, 0.1) is 25.8 Å². The number of rotatable bonds is 4. The average Bonchev–Trinajstić information content (AvgIpc) is 3.49. The topological polar surface area (TPSA) is 25.8 Å². The molecule has 0 bridgehead atoms. The Morgan fingerprint density at radius 1 is 0.763 bits per heavy atom. The second-order valence-corrected chi connectivity index (χ2v) is 9.02. The largest absolute Gasteiger partial charge is 0.305 e. The molecule has 0 atom stereocenters. The van der Waals surface area contributed by atoms with Gasteiger partial charge in [0.25, 0.3) is 0 Å². The van der Waals surface area contributed by atoms with Crippen LogP contribution in [0.15, 0.2) is 103 Å². The van der Waals surface area contributed by atoms with Crippen molar-refractivity contribution in [3.05, 3.63) is 132 Å². The van der Waals surface area contributed by atoms with Crippen molar-refractivity contribution in [3.63, 3.8) is 0 Å². The van der Waals surface area contributed by atoms with E-state index >= 15 is 0 Å². The predicted molar refractivity (Wildman–Crippen MR) is 153 cm³/mol. The Bertz CT molecular complexity index is 1610. The van der Waals surface area contributed by atoms with Gasteiger partial charge in [0.2, 0.25) is 0 Å². The molecule has 0 amide bonds. The Labute approximate surface area is 250 Å². The smallest absolute Gasteiger partial charge is 0.0352 e. The van der Waals surface area contributed by atoms with Crippen molar-refractivity contribution >= 4 is 0 Å². The van der Waals surface area contributed by atoms with Crippen LogP contribution in [0.5, 0.6) is 0 Å². The molecule has 1 aliphatic rings. The summed E-state index contributed by atoms with van der Waals surface area (Å²) < 4.78 is 52.3. The van der Waals surface area contributed by atoms with Crippen molar-refractivity contribution < 1.29 is 29.7 Å². The van der Waals surface area contributed by atoms with Gasteiger partial charge in [-0.15, -0.1) is 71.3 Å². The summed E-state index contributed by atoms with van der Waals surface area (Å²) in [7, 11) is 0. The van der Waals surface area contributed by atoms with Gasteiger partial charge in [0, 0.05) is 42.1 Å². The Morgan fingerprint density at radius 3 is 2.21 bits per heavy atom. The van der Waals surface area contributed by atoms with Crippen molar-refractivity contribution in [3.8, 4) is 33.6 Å². The van der Waals surface area contributed by atoms with E-state index in [0.717, 1.165) is 35.2 Å². The van der Waals surface area contributed by atoms with Crippen molar-refractivity contribution in [2.45, 2.75) is 45.3 Å². The van der Waals surface area contributed by atoms with Gasteiger partial charge in [-0.05, 0) is 65.3 Å². The Kier molecular flexibility index (Phi) is 6.94. The maximum Gasteiger partial charge on any atom is 0.0352 e. The summed E-state index contributed by atoms with van der Waals surface area (Å²) in [5.41, 5.74) is 6.95.